The molecule has 2 aromatic rings. The molecule has 9 heteroatoms. The molecule has 0 aromatic heterocycles. The lowest BCUT2D eigenvalue weighted by Crippen LogP contribution is -2.45. The van der Waals surface area contributed by atoms with Crippen molar-refractivity contribution in [1.82, 2.24) is 0 Å². The van der Waals surface area contributed by atoms with Crippen LogP contribution >= 0.6 is 15.9 Å². The molecule has 0 fully saturated rings. The molecular formula is C22H20BrF2NO5. The van der Waals surface area contributed by atoms with Gasteiger partial charge in [-0.15, -0.1) is 0 Å². The Balaban J connectivity index is 2.22. The Kier molecular flexibility index (Phi) is 6.45. The van der Waals surface area contributed by atoms with E-state index in [0.29, 0.717) is 5.56 Å². The van der Waals surface area contributed by atoms with Crippen molar-refractivity contribution in [2.24, 2.45) is 0 Å². The van der Waals surface area contributed by atoms with Gasteiger partial charge in [0.15, 0.2) is 12.3 Å². The van der Waals surface area contributed by atoms with E-state index >= 15 is 8.78 Å². The monoisotopic (exact) mass is 495 g/mol. The third-order valence-electron chi connectivity index (χ3n) is 4.82. The van der Waals surface area contributed by atoms with Gasteiger partial charge in [-0.2, -0.15) is 0 Å². The number of carbonyl (C=O) groups excluding carboxylic acids is 3. The number of nitrogens with zero attached hydrogens (tertiary/aromatic N) is 1. The molecule has 0 aliphatic carbocycles. The standard InChI is InChI=1S/C22H20BrF2NO5/c1-12-10-15(23)8-9-16(12)21(29)26-18-7-5-4-6-17(18)20(31-14(3)28)22(24,25)11-19(26)30-13(2)27/h4-10,19-20H,11H2,1-3H3. The second-order valence-electron chi connectivity index (χ2n) is 7.21. The normalized spacial score (nSPS) is 19.7. The minimum absolute atomic E-state index is 0.0551. The van der Waals surface area contributed by atoms with Gasteiger partial charge in [0.1, 0.15) is 0 Å². The molecule has 2 unspecified atom stereocenters. The van der Waals surface area contributed by atoms with Crippen LogP contribution in [0.3, 0.4) is 0 Å². The second-order valence-corrected chi connectivity index (χ2v) is 8.13. The number of para-hydroxylation sites is 1. The lowest BCUT2D eigenvalue weighted by molar-refractivity contribution is -0.181. The summed E-state index contributed by atoms with van der Waals surface area (Å²) in [6.45, 7) is 3.81. The number of esters is 2. The maximum Gasteiger partial charge on any atom is 0.304 e. The molecule has 0 saturated carbocycles. The van der Waals surface area contributed by atoms with Crippen LogP contribution in [0.25, 0.3) is 0 Å². The fourth-order valence-electron chi connectivity index (χ4n) is 3.58. The van der Waals surface area contributed by atoms with Gasteiger partial charge in [-0.3, -0.25) is 19.3 Å². The number of anilines is 1. The van der Waals surface area contributed by atoms with E-state index in [-0.39, 0.29) is 16.8 Å². The van der Waals surface area contributed by atoms with Crippen molar-refractivity contribution in [2.75, 3.05) is 4.90 Å². The molecule has 0 spiro atoms. The molecule has 2 aromatic carbocycles. The van der Waals surface area contributed by atoms with E-state index in [9.17, 15) is 14.4 Å². The van der Waals surface area contributed by atoms with Crippen LogP contribution in [0, 0.1) is 6.92 Å². The van der Waals surface area contributed by atoms with E-state index in [1.54, 1.807) is 31.2 Å². The molecule has 1 heterocycles. The molecule has 0 radical (unpaired) electrons. The molecule has 0 N–H and O–H groups in total. The van der Waals surface area contributed by atoms with Crippen molar-refractivity contribution in [3.05, 3.63) is 63.6 Å². The van der Waals surface area contributed by atoms with Gasteiger partial charge >= 0.3 is 11.9 Å². The van der Waals surface area contributed by atoms with Gasteiger partial charge in [0, 0.05) is 29.4 Å². The van der Waals surface area contributed by atoms with E-state index < -0.39 is 42.5 Å². The molecule has 164 valence electrons. The minimum Gasteiger partial charge on any atom is -0.451 e. The van der Waals surface area contributed by atoms with Gasteiger partial charge < -0.3 is 9.47 Å². The SMILES string of the molecule is CC(=O)OC1CC(F)(F)C(OC(C)=O)c2ccccc2N1C(=O)c1ccc(Br)cc1C. The first-order valence-electron chi connectivity index (χ1n) is 9.42. The van der Waals surface area contributed by atoms with Crippen molar-refractivity contribution in [3.63, 3.8) is 0 Å². The summed E-state index contributed by atoms with van der Waals surface area (Å²) < 4.78 is 41.3. The molecule has 31 heavy (non-hydrogen) atoms. The smallest absolute Gasteiger partial charge is 0.304 e. The van der Waals surface area contributed by atoms with Crippen molar-refractivity contribution in [3.8, 4) is 0 Å². The third-order valence-corrected chi connectivity index (χ3v) is 5.31. The van der Waals surface area contributed by atoms with Crippen LogP contribution in [0.15, 0.2) is 46.9 Å². The first-order valence-corrected chi connectivity index (χ1v) is 10.2. The van der Waals surface area contributed by atoms with E-state index in [1.165, 1.54) is 18.2 Å². The number of rotatable bonds is 3. The Morgan fingerprint density at radius 2 is 1.71 bits per heavy atom. The number of benzene rings is 2. The van der Waals surface area contributed by atoms with Crippen LogP contribution in [0.1, 0.15) is 47.9 Å². The molecule has 1 amide bonds. The van der Waals surface area contributed by atoms with Crippen LogP contribution in [0.2, 0.25) is 0 Å². The Morgan fingerprint density at radius 1 is 1.06 bits per heavy atom. The van der Waals surface area contributed by atoms with Crippen LogP contribution in [-0.4, -0.2) is 30.0 Å². The van der Waals surface area contributed by atoms with E-state index in [0.717, 1.165) is 23.2 Å². The molecule has 0 saturated heterocycles. The van der Waals surface area contributed by atoms with E-state index in [1.807, 2.05) is 0 Å². The average molecular weight is 496 g/mol. The lowest BCUT2D eigenvalue weighted by Gasteiger charge is -2.31. The van der Waals surface area contributed by atoms with Gasteiger partial charge in [0.05, 0.1) is 12.1 Å². The molecule has 2 atom stereocenters. The topological polar surface area (TPSA) is 72.9 Å². The summed E-state index contributed by atoms with van der Waals surface area (Å²) in [4.78, 5) is 37.9. The van der Waals surface area contributed by atoms with Crippen LogP contribution < -0.4 is 4.90 Å². The number of aryl methyl sites for hydroxylation is 1. The highest BCUT2D eigenvalue weighted by atomic mass is 79.9. The molecule has 1 aliphatic rings. The number of hydrogen-bond donors (Lipinski definition) is 0. The number of ether oxygens (including phenoxy) is 2. The predicted molar refractivity (Wildman–Crippen MR) is 112 cm³/mol. The van der Waals surface area contributed by atoms with Gasteiger partial charge in [0.25, 0.3) is 11.8 Å². The average Bonchev–Trinajstić information content (AvgIpc) is 2.73. The van der Waals surface area contributed by atoms with E-state index in [2.05, 4.69) is 15.9 Å². The van der Waals surface area contributed by atoms with Crippen LogP contribution in [0.5, 0.6) is 0 Å². The summed E-state index contributed by atoms with van der Waals surface area (Å²) in [7, 11) is 0. The quantitative estimate of drug-likeness (QED) is 0.564. The van der Waals surface area contributed by atoms with Crippen molar-refractivity contribution in [2.45, 2.75) is 45.4 Å². The third kappa shape index (κ3) is 4.76. The first-order chi connectivity index (χ1) is 14.5. The fourth-order valence-corrected chi connectivity index (χ4v) is 4.06. The molecule has 6 nitrogen and oxygen atoms in total. The number of amides is 1. The number of hydrogen-bond acceptors (Lipinski definition) is 5. The van der Waals surface area contributed by atoms with E-state index in [4.69, 9.17) is 9.47 Å². The molecular weight excluding hydrogens is 476 g/mol. The summed E-state index contributed by atoms with van der Waals surface area (Å²) in [6, 6.07) is 10.8. The van der Waals surface area contributed by atoms with Gasteiger partial charge in [-0.1, -0.05) is 34.1 Å². The fraction of sp³-hybridized carbons (Fsp3) is 0.318. The highest BCUT2D eigenvalue weighted by Gasteiger charge is 2.52. The zero-order valence-corrected chi connectivity index (χ0v) is 18.6. The first kappa shape index (κ1) is 22.9. The largest absolute Gasteiger partial charge is 0.451 e. The number of halogens is 3. The van der Waals surface area contributed by atoms with Crippen molar-refractivity contribution in [1.29, 1.82) is 0 Å². The zero-order chi connectivity index (χ0) is 22.9. The van der Waals surface area contributed by atoms with Crippen LogP contribution in [0.4, 0.5) is 14.5 Å². The van der Waals surface area contributed by atoms with Crippen LogP contribution in [-0.2, 0) is 19.1 Å². The second kappa shape index (κ2) is 8.74. The Bertz CT molecular complexity index is 1040. The Hall–Kier alpha value is -2.81. The zero-order valence-electron chi connectivity index (χ0n) is 17.0. The summed E-state index contributed by atoms with van der Waals surface area (Å²) in [5.74, 6) is -5.95. The molecule has 0 bridgehead atoms. The molecule has 1 aliphatic heterocycles. The highest BCUT2D eigenvalue weighted by molar-refractivity contribution is 9.10. The maximum absolute atomic E-state index is 15.2. The van der Waals surface area contributed by atoms with Crippen molar-refractivity contribution >= 4 is 39.5 Å². The summed E-state index contributed by atoms with van der Waals surface area (Å²) in [5, 5.41) is 0. The Labute approximate surface area is 186 Å². The highest BCUT2D eigenvalue weighted by Crippen LogP contribution is 2.47. The maximum atomic E-state index is 15.2. The van der Waals surface area contributed by atoms with Gasteiger partial charge in [-0.25, -0.2) is 8.78 Å². The van der Waals surface area contributed by atoms with Gasteiger partial charge in [-0.05, 0) is 36.8 Å². The summed E-state index contributed by atoms with van der Waals surface area (Å²) >= 11 is 3.33. The number of fused-ring (bicyclic) bond motifs is 1. The number of carbonyl (C=O) groups is 3. The summed E-state index contributed by atoms with van der Waals surface area (Å²) in [5.41, 5.74) is 0.875. The van der Waals surface area contributed by atoms with Gasteiger partial charge in [0.2, 0.25) is 0 Å². The minimum atomic E-state index is -3.61. The Morgan fingerprint density at radius 3 is 2.32 bits per heavy atom. The number of alkyl halides is 2. The van der Waals surface area contributed by atoms with Crippen molar-refractivity contribution < 1.29 is 32.6 Å². The lowest BCUT2D eigenvalue weighted by atomic mass is 10.0. The summed E-state index contributed by atoms with van der Waals surface area (Å²) in [6.07, 6.45) is -4.59. The molecule has 3 rings (SSSR count). The predicted octanol–water partition coefficient (Wildman–Crippen LogP) is 4.94.